The van der Waals surface area contributed by atoms with Crippen molar-refractivity contribution >= 4 is 11.9 Å². The molecule has 0 radical (unpaired) electrons. The molecule has 0 saturated carbocycles. The maximum atomic E-state index is 11.7. The molecule has 1 fully saturated rings. The number of rotatable bonds is 2. The number of hydrogen-bond donors (Lipinski definition) is 2. The van der Waals surface area contributed by atoms with Gasteiger partial charge in [0, 0.05) is 0 Å². The summed E-state index contributed by atoms with van der Waals surface area (Å²) in [6, 6.07) is 0. The normalized spacial score (nSPS) is 38.7. The molecule has 0 aromatic heterocycles. The highest BCUT2D eigenvalue weighted by atomic mass is 17.2. The van der Waals surface area contributed by atoms with Crippen molar-refractivity contribution in [2.75, 3.05) is 0 Å². The van der Waals surface area contributed by atoms with Crippen LogP contribution in [0.2, 0.25) is 0 Å². The van der Waals surface area contributed by atoms with E-state index in [1.807, 2.05) is 0 Å². The van der Waals surface area contributed by atoms with Gasteiger partial charge in [0.05, 0.1) is 0 Å². The summed E-state index contributed by atoms with van der Waals surface area (Å²) in [5, 5.41) is 18.9. The molecule has 18 heavy (non-hydrogen) atoms. The van der Waals surface area contributed by atoms with Crippen LogP contribution in [-0.2, 0) is 19.4 Å². The van der Waals surface area contributed by atoms with Gasteiger partial charge >= 0.3 is 11.9 Å². The second-order valence-electron chi connectivity index (χ2n) is 5.72. The number of fused-ring (bicyclic) bond motifs is 1. The molecule has 100 valence electrons. The predicted molar refractivity (Wildman–Crippen MR) is 59.5 cm³/mol. The number of carboxylic acid groups (broad SMARTS) is 2. The summed E-state index contributed by atoms with van der Waals surface area (Å²) in [6.07, 6.45) is 1.80. The molecule has 4 atom stereocenters. The zero-order chi connectivity index (χ0) is 13.7. The molecule has 6 heteroatoms. The highest BCUT2D eigenvalue weighted by Crippen LogP contribution is 2.53. The Bertz CT molecular complexity index is 421. The second kappa shape index (κ2) is 3.80. The second-order valence-corrected chi connectivity index (χ2v) is 5.72. The molecular formula is C12H16O6. The molecular weight excluding hydrogens is 240 g/mol. The summed E-state index contributed by atoms with van der Waals surface area (Å²) >= 11 is 0. The summed E-state index contributed by atoms with van der Waals surface area (Å²) in [7, 11) is 0. The summed E-state index contributed by atoms with van der Waals surface area (Å²) in [5.41, 5.74) is -2.27. The monoisotopic (exact) mass is 256 g/mol. The van der Waals surface area contributed by atoms with Crippen LogP contribution in [0.5, 0.6) is 0 Å². The average Bonchev–Trinajstić information content (AvgIpc) is 2.16. The van der Waals surface area contributed by atoms with Gasteiger partial charge in [-0.1, -0.05) is 32.9 Å². The lowest BCUT2D eigenvalue weighted by Crippen LogP contribution is -2.63. The number of aliphatic carboxylic acids is 2. The fourth-order valence-corrected chi connectivity index (χ4v) is 2.76. The fraction of sp³-hybridized carbons (Fsp3) is 0.667. The van der Waals surface area contributed by atoms with Crippen molar-refractivity contribution in [3.8, 4) is 0 Å². The van der Waals surface area contributed by atoms with Gasteiger partial charge in [0.1, 0.15) is 23.5 Å². The predicted octanol–water partition coefficient (Wildman–Crippen LogP) is 1.07. The van der Waals surface area contributed by atoms with Crippen LogP contribution in [0.3, 0.4) is 0 Å². The summed E-state index contributed by atoms with van der Waals surface area (Å²) in [6.45, 7) is 5.13. The molecule has 1 aliphatic heterocycles. The Hall–Kier alpha value is -1.40. The minimum absolute atomic E-state index is 0.471. The summed E-state index contributed by atoms with van der Waals surface area (Å²) in [5.74, 6) is -3.51. The third-order valence-corrected chi connectivity index (χ3v) is 3.83. The molecule has 1 heterocycles. The zero-order valence-electron chi connectivity index (χ0n) is 10.4. The Kier molecular flexibility index (Phi) is 2.75. The first-order valence-electron chi connectivity index (χ1n) is 5.69. The van der Waals surface area contributed by atoms with Gasteiger partial charge in [0.15, 0.2) is 0 Å². The lowest BCUT2D eigenvalue weighted by molar-refractivity contribution is -0.466. The molecule has 1 aliphatic carbocycles. The van der Waals surface area contributed by atoms with Crippen molar-refractivity contribution in [2.24, 2.45) is 16.7 Å². The molecule has 2 rings (SSSR count). The van der Waals surface area contributed by atoms with E-state index in [1.54, 1.807) is 26.8 Å². The van der Waals surface area contributed by atoms with E-state index in [0.717, 1.165) is 0 Å². The molecule has 0 aromatic carbocycles. The fourth-order valence-electron chi connectivity index (χ4n) is 2.76. The molecule has 1 saturated heterocycles. The zero-order valence-corrected chi connectivity index (χ0v) is 10.4. The van der Waals surface area contributed by atoms with Crippen molar-refractivity contribution in [3.05, 3.63) is 12.2 Å². The Balaban J connectivity index is 2.59. The Morgan fingerprint density at radius 1 is 1.22 bits per heavy atom. The van der Waals surface area contributed by atoms with Gasteiger partial charge in [-0.15, -0.1) is 0 Å². The lowest BCUT2D eigenvalue weighted by Gasteiger charge is -2.51. The van der Waals surface area contributed by atoms with Gasteiger partial charge in [-0.3, -0.25) is 9.59 Å². The third kappa shape index (κ3) is 1.49. The van der Waals surface area contributed by atoms with Gasteiger partial charge in [-0.25, -0.2) is 9.78 Å². The van der Waals surface area contributed by atoms with Crippen LogP contribution in [0, 0.1) is 16.7 Å². The van der Waals surface area contributed by atoms with Crippen LogP contribution in [0.1, 0.15) is 20.8 Å². The van der Waals surface area contributed by atoms with Gasteiger partial charge in [-0.2, -0.15) is 0 Å². The average molecular weight is 256 g/mol. The molecule has 0 spiro atoms. The van der Waals surface area contributed by atoms with Gasteiger partial charge < -0.3 is 10.2 Å². The smallest absolute Gasteiger partial charge is 0.315 e. The first-order chi connectivity index (χ1) is 8.22. The van der Waals surface area contributed by atoms with E-state index < -0.39 is 40.9 Å². The van der Waals surface area contributed by atoms with Crippen LogP contribution >= 0.6 is 0 Å². The number of hydrogen-bond acceptors (Lipinski definition) is 4. The number of carboxylic acids is 2. The first kappa shape index (κ1) is 13.0. The van der Waals surface area contributed by atoms with Crippen molar-refractivity contribution in [3.63, 3.8) is 0 Å². The highest BCUT2D eigenvalue weighted by Gasteiger charge is 2.64. The topological polar surface area (TPSA) is 93.1 Å². The highest BCUT2D eigenvalue weighted by molar-refractivity contribution is 5.87. The minimum atomic E-state index is -1.51. The Labute approximate surface area is 104 Å². The quantitative estimate of drug-likeness (QED) is 0.567. The molecule has 0 bridgehead atoms. The van der Waals surface area contributed by atoms with Crippen LogP contribution in [0.15, 0.2) is 12.2 Å². The third-order valence-electron chi connectivity index (χ3n) is 3.83. The van der Waals surface area contributed by atoms with Crippen LogP contribution in [0.25, 0.3) is 0 Å². The molecule has 6 nitrogen and oxygen atoms in total. The van der Waals surface area contributed by atoms with E-state index in [-0.39, 0.29) is 0 Å². The Morgan fingerprint density at radius 2 is 1.83 bits per heavy atom. The van der Waals surface area contributed by atoms with Crippen molar-refractivity contribution in [1.29, 1.82) is 0 Å². The van der Waals surface area contributed by atoms with Gasteiger partial charge in [0.2, 0.25) is 0 Å². The van der Waals surface area contributed by atoms with E-state index in [0.29, 0.717) is 0 Å². The van der Waals surface area contributed by atoms with E-state index in [2.05, 4.69) is 0 Å². The molecule has 2 aliphatic rings. The van der Waals surface area contributed by atoms with Crippen molar-refractivity contribution in [1.82, 2.24) is 0 Å². The molecule has 2 N–H and O–H groups in total. The van der Waals surface area contributed by atoms with Crippen LogP contribution in [-0.4, -0.2) is 34.4 Å². The van der Waals surface area contributed by atoms with Gasteiger partial charge in [0.25, 0.3) is 0 Å². The summed E-state index contributed by atoms with van der Waals surface area (Å²) in [4.78, 5) is 32.8. The first-order valence-corrected chi connectivity index (χ1v) is 5.69. The Morgan fingerprint density at radius 3 is 2.17 bits per heavy atom. The van der Waals surface area contributed by atoms with E-state index in [1.165, 1.54) is 6.08 Å². The number of carbonyl (C=O) groups is 2. The van der Waals surface area contributed by atoms with Crippen LogP contribution < -0.4 is 0 Å². The molecule has 0 aromatic rings. The van der Waals surface area contributed by atoms with E-state index >= 15 is 0 Å². The standard InChI is InChI=1S/C12H16O6/c1-11(2,3)12(10(15)16)5-4-6-8(18-17-6)7(12)9(13)14/h4-8H,1-3H3,(H,13,14)(H,15,16). The van der Waals surface area contributed by atoms with Gasteiger partial charge in [-0.05, 0) is 5.41 Å². The van der Waals surface area contributed by atoms with Crippen molar-refractivity contribution < 1.29 is 29.6 Å². The summed E-state index contributed by atoms with van der Waals surface area (Å²) < 4.78 is 0. The SMILES string of the molecule is CC(C)(C)C1(C(=O)O)C=CC2OOC2C1C(=O)O. The van der Waals surface area contributed by atoms with E-state index in [4.69, 9.17) is 9.78 Å². The van der Waals surface area contributed by atoms with Crippen molar-refractivity contribution in [2.45, 2.75) is 33.0 Å². The van der Waals surface area contributed by atoms with Crippen LogP contribution in [0.4, 0.5) is 0 Å². The van der Waals surface area contributed by atoms with E-state index in [9.17, 15) is 19.8 Å². The maximum Gasteiger partial charge on any atom is 0.315 e. The largest absolute Gasteiger partial charge is 0.481 e. The maximum absolute atomic E-state index is 11.7. The minimum Gasteiger partial charge on any atom is -0.481 e. The molecule has 4 unspecified atom stereocenters. The lowest BCUT2D eigenvalue weighted by atomic mass is 9.55. The molecule has 0 amide bonds.